The Morgan fingerprint density at radius 1 is 1.30 bits per heavy atom. The number of rotatable bonds is 4. The van der Waals surface area contributed by atoms with Gasteiger partial charge in [0.15, 0.2) is 0 Å². The van der Waals surface area contributed by atoms with Crippen LogP contribution < -0.4 is 4.72 Å². The molecular formula is C13H8ClFN2O4S2. The summed E-state index contributed by atoms with van der Waals surface area (Å²) >= 11 is 6.54. The number of carboxylic acid groups (broad SMARTS) is 1. The van der Waals surface area contributed by atoms with Gasteiger partial charge in [0, 0.05) is 10.9 Å². The van der Waals surface area contributed by atoms with Crippen LogP contribution in [0.4, 0.5) is 10.1 Å². The van der Waals surface area contributed by atoms with Gasteiger partial charge in [0.05, 0.1) is 10.0 Å². The fourth-order valence-electron chi connectivity index (χ4n) is 2.06. The second-order valence-corrected chi connectivity index (χ2v) is 8.16. The van der Waals surface area contributed by atoms with E-state index in [4.69, 9.17) is 11.6 Å². The van der Waals surface area contributed by atoms with Gasteiger partial charge in [-0.2, -0.15) is 0 Å². The molecule has 2 aromatic heterocycles. The summed E-state index contributed by atoms with van der Waals surface area (Å²) < 4.78 is 40.5. The summed E-state index contributed by atoms with van der Waals surface area (Å²) in [5, 5.41) is 9.35. The van der Waals surface area contributed by atoms with E-state index >= 15 is 0 Å². The van der Waals surface area contributed by atoms with E-state index < -0.39 is 21.8 Å². The molecule has 0 aliphatic rings. The van der Waals surface area contributed by atoms with Crippen LogP contribution in [0.15, 0.2) is 34.5 Å². The van der Waals surface area contributed by atoms with E-state index in [1.54, 1.807) is 0 Å². The summed E-state index contributed by atoms with van der Waals surface area (Å²) in [6.45, 7) is 0. The van der Waals surface area contributed by atoms with Crippen LogP contribution in [0.1, 0.15) is 10.5 Å². The lowest BCUT2D eigenvalue weighted by molar-refractivity contribution is 0.0692. The zero-order chi connectivity index (χ0) is 16.8. The lowest BCUT2D eigenvalue weighted by Gasteiger charge is -2.06. The highest BCUT2D eigenvalue weighted by Gasteiger charge is 2.24. The van der Waals surface area contributed by atoms with Gasteiger partial charge in [0.25, 0.3) is 10.0 Å². The minimum absolute atomic E-state index is 0.0791. The monoisotopic (exact) mass is 374 g/mol. The maximum absolute atomic E-state index is 13.4. The molecule has 0 radical (unpaired) electrons. The largest absolute Gasteiger partial charge is 0.477 e. The van der Waals surface area contributed by atoms with Crippen molar-refractivity contribution in [1.82, 2.24) is 4.98 Å². The lowest BCUT2D eigenvalue weighted by Crippen LogP contribution is -2.14. The van der Waals surface area contributed by atoms with Crippen molar-refractivity contribution in [2.24, 2.45) is 0 Å². The number of anilines is 1. The quantitative estimate of drug-likeness (QED) is 0.650. The van der Waals surface area contributed by atoms with Crippen molar-refractivity contribution in [3.8, 4) is 0 Å². The van der Waals surface area contributed by atoms with Crippen molar-refractivity contribution >= 4 is 55.5 Å². The number of fused-ring (bicyclic) bond motifs is 1. The van der Waals surface area contributed by atoms with Crippen molar-refractivity contribution in [2.75, 3.05) is 4.72 Å². The Morgan fingerprint density at radius 2 is 2.04 bits per heavy atom. The Morgan fingerprint density at radius 3 is 2.65 bits per heavy atom. The van der Waals surface area contributed by atoms with Crippen LogP contribution in [0.3, 0.4) is 0 Å². The number of halogens is 2. The van der Waals surface area contributed by atoms with E-state index in [2.05, 4.69) is 9.71 Å². The van der Waals surface area contributed by atoms with Gasteiger partial charge in [-0.05, 0) is 30.3 Å². The van der Waals surface area contributed by atoms with Gasteiger partial charge in [-0.15, -0.1) is 11.3 Å². The number of benzene rings is 1. The predicted molar refractivity (Wildman–Crippen MR) is 85.4 cm³/mol. The highest BCUT2D eigenvalue weighted by Crippen LogP contribution is 2.32. The van der Waals surface area contributed by atoms with E-state index in [1.807, 2.05) is 0 Å². The molecule has 0 aliphatic carbocycles. The molecule has 3 rings (SSSR count). The fourth-order valence-corrected chi connectivity index (χ4v) is 4.63. The Balaban J connectivity index is 2.17. The molecule has 0 bridgehead atoms. The van der Waals surface area contributed by atoms with Crippen LogP contribution in [0.2, 0.25) is 4.34 Å². The van der Waals surface area contributed by atoms with Crippen LogP contribution in [-0.2, 0) is 10.0 Å². The number of hydrogen-bond donors (Lipinski definition) is 3. The van der Waals surface area contributed by atoms with Gasteiger partial charge in [-0.25, -0.2) is 17.6 Å². The van der Waals surface area contributed by atoms with E-state index in [0.29, 0.717) is 5.52 Å². The zero-order valence-electron chi connectivity index (χ0n) is 11.1. The van der Waals surface area contributed by atoms with Gasteiger partial charge in [-0.3, -0.25) is 4.72 Å². The number of carbonyl (C=O) groups is 1. The number of aromatic carboxylic acids is 1. The Labute approximate surface area is 138 Å². The van der Waals surface area contributed by atoms with Crippen LogP contribution in [0.5, 0.6) is 0 Å². The molecule has 0 fully saturated rings. The molecule has 0 unspecified atom stereocenters. The predicted octanol–water partition coefficient (Wildman–Crippen LogP) is 3.52. The zero-order valence-corrected chi connectivity index (χ0v) is 13.5. The van der Waals surface area contributed by atoms with Gasteiger partial charge < -0.3 is 10.1 Å². The van der Waals surface area contributed by atoms with Gasteiger partial charge in [0.1, 0.15) is 15.7 Å². The van der Waals surface area contributed by atoms with E-state index in [0.717, 1.165) is 23.5 Å². The van der Waals surface area contributed by atoms with Gasteiger partial charge >= 0.3 is 5.97 Å². The molecule has 0 saturated carbocycles. The van der Waals surface area contributed by atoms with Crippen molar-refractivity contribution in [3.05, 3.63) is 46.2 Å². The number of aromatic nitrogens is 1. The normalized spacial score (nSPS) is 11.7. The number of thiophene rings is 1. The van der Waals surface area contributed by atoms with E-state index in [-0.39, 0.29) is 25.3 Å². The number of aromatic amines is 1. The molecule has 6 nitrogen and oxygen atoms in total. The van der Waals surface area contributed by atoms with Crippen LogP contribution >= 0.6 is 22.9 Å². The molecule has 0 spiro atoms. The smallest absolute Gasteiger partial charge is 0.354 e. The molecule has 10 heteroatoms. The summed E-state index contributed by atoms with van der Waals surface area (Å²) in [6.07, 6.45) is 0. The first kappa shape index (κ1) is 15.8. The molecule has 0 atom stereocenters. The first-order valence-electron chi connectivity index (χ1n) is 6.10. The molecule has 0 saturated heterocycles. The third-order valence-corrected chi connectivity index (χ3v) is 6.10. The van der Waals surface area contributed by atoms with Crippen molar-refractivity contribution in [1.29, 1.82) is 0 Å². The molecular weight excluding hydrogens is 367 g/mol. The summed E-state index contributed by atoms with van der Waals surface area (Å²) in [7, 11) is -4.04. The standard InChI is InChI=1S/C13H8ClFN2O4S2/c14-9-3-4-10(22-9)23(20,21)17-11-7-5-6(15)1-2-8(7)16-12(11)13(18)19/h1-5,16-17H,(H,18,19). The molecule has 0 amide bonds. The molecule has 120 valence electrons. The number of nitrogens with one attached hydrogen (secondary N) is 2. The molecule has 1 aromatic carbocycles. The van der Waals surface area contributed by atoms with Crippen molar-refractivity contribution < 1.29 is 22.7 Å². The Bertz CT molecular complexity index is 1030. The van der Waals surface area contributed by atoms with Crippen LogP contribution in [0.25, 0.3) is 10.9 Å². The maximum atomic E-state index is 13.4. The first-order valence-corrected chi connectivity index (χ1v) is 8.78. The SMILES string of the molecule is O=C(O)c1[nH]c2ccc(F)cc2c1NS(=O)(=O)c1ccc(Cl)s1. The average molecular weight is 375 g/mol. The van der Waals surface area contributed by atoms with Crippen LogP contribution in [-0.4, -0.2) is 24.5 Å². The average Bonchev–Trinajstić information content (AvgIpc) is 3.04. The summed E-state index contributed by atoms with van der Waals surface area (Å²) in [5.41, 5.74) is -0.306. The summed E-state index contributed by atoms with van der Waals surface area (Å²) in [5.74, 6) is -1.99. The summed E-state index contributed by atoms with van der Waals surface area (Å²) in [4.78, 5) is 13.9. The number of carboxylic acids is 1. The first-order chi connectivity index (χ1) is 10.8. The number of sulfonamides is 1. The third kappa shape index (κ3) is 2.90. The fraction of sp³-hybridized carbons (Fsp3) is 0. The molecule has 3 N–H and O–H groups in total. The molecule has 23 heavy (non-hydrogen) atoms. The second kappa shape index (κ2) is 5.52. The summed E-state index contributed by atoms with van der Waals surface area (Å²) in [6, 6.07) is 6.23. The van der Waals surface area contributed by atoms with E-state index in [1.165, 1.54) is 18.2 Å². The minimum Gasteiger partial charge on any atom is -0.477 e. The Kier molecular flexibility index (Phi) is 3.78. The van der Waals surface area contributed by atoms with E-state index in [9.17, 15) is 22.7 Å². The van der Waals surface area contributed by atoms with Gasteiger partial charge in [0.2, 0.25) is 0 Å². The minimum atomic E-state index is -4.04. The second-order valence-electron chi connectivity index (χ2n) is 4.53. The molecule has 0 aliphatic heterocycles. The number of H-pyrrole nitrogens is 1. The number of hydrogen-bond acceptors (Lipinski definition) is 4. The van der Waals surface area contributed by atoms with Crippen molar-refractivity contribution in [2.45, 2.75) is 4.21 Å². The van der Waals surface area contributed by atoms with Gasteiger partial charge in [-0.1, -0.05) is 11.6 Å². The topological polar surface area (TPSA) is 99.3 Å². The molecule has 2 heterocycles. The highest BCUT2D eigenvalue weighted by atomic mass is 35.5. The molecule has 3 aromatic rings. The third-order valence-electron chi connectivity index (χ3n) is 3.02. The van der Waals surface area contributed by atoms with Crippen molar-refractivity contribution in [3.63, 3.8) is 0 Å². The Hall–Kier alpha value is -2.10. The lowest BCUT2D eigenvalue weighted by atomic mass is 10.2. The maximum Gasteiger partial charge on any atom is 0.354 e. The van der Waals surface area contributed by atoms with Crippen LogP contribution in [0, 0.1) is 5.82 Å². The highest BCUT2D eigenvalue weighted by molar-refractivity contribution is 7.94.